The molecule has 0 spiro atoms. The molecule has 0 atom stereocenters. The van der Waals surface area contributed by atoms with Gasteiger partial charge in [0.05, 0.1) is 6.26 Å². The van der Waals surface area contributed by atoms with Crippen molar-refractivity contribution in [2.24, 2.45) is 0 Å². The number of aliphatic hydroxyl groups excluding tert-OH is 1. The Balaban J connectivity index is 3.30. The number of allylic oxidation sites excluding steroid dienone is 9. The maximum atomic E-state index is 8.47. The molecule has 21 heavy (non-hydrogen) atoms. The highest BCUT2D eigenvalue weighted by molar-refractivity contribution is 4.94. The summed E-state index contributed by atoms with van der Waals surface area (Å²) in [6, 6.07) is 0. The van der Waals surface area contributed by atoms with Crippen molar-refractivity contribution in [3.05, 3.63) is 60.9 Å². The largest absolute Gasteiger partial charge is 0.516 e. The van der Waals surface area contributed by atoms with Gasteiger partial charge in [-0.15, -0.1) is 0 Å². The van der Waals surface area contributed by atoms with E-state index >= 15 is 0 Å². The van der Waals surface area contributed by atoms with Gasteiger partial charge < -0.3 is 5.11 Å². The Morgan fingerprint density at radius 1 is 0.571 bits per heavy atom. The van der Waals surface area contributed by atoms with Gasteiger partial charge in [0.15, 0.2) is 0 Å². The molecule has 0 fully saturated rings. The molecule has 0 bridgehead atoms. The Morgan fingerprint density at radius 2 is 1.05 bits per heavy atom. The molecule has 1 nitrogen and oxygen atoms in total. The second kappa shape index (κ2) is 18.5. The molecule has 0 heterocycles. The maximum Gasteiger partial charge on any atom is 0.0751 e. The fraction of sp³-hybridized carbons (Fsp3) is 0.500. The summed E-state index contributed by atoms with van der Waals surface area (Å²) < 4.78 is 0. The van der Waals surface area contributed by atoms with E-state index in [1.165, 1.54) is 25.7 Å². The van der Waals surface area contributed by atoms with Gasteiger partial charge in [0.1, 0.15) is 0 Å². The van der Waals surface area contributed by atoms with E-state index in [1.807, 2.05) is 0 Å². The fourth-order valence-corrected chi connectivity index (χ4v) is 1.85. The summed E-state index contributed by atoms with van der Waals surface area (Å²) in [4.78, 5) is 0. The van der Waals surface area contributed by atoms with Crippen molar-refractivity contribution in [3.63, 3.8) is 0 Å². The van der Waals surface area contributed by atoms with E-state index in [-0.39, 0.29) is 0 Å². The maximum absolute atomic E-state index is 8.47. The molecule has 0 aromatic rings. The lowest BCUT2D eigenvalue weighted by molar-refractivity contribution is 0.471. The number of unbranched alkanes of at least 4 members (excludes halogenated alkanes) is 4. The Morgan fingerprint density at radius 3 is 1.57 bits per heavy atom. The van der Waals surface area contributed by atoms with Crippen molar-refractivity contribution < 1.29 is 5.11 Å². The summed E-state index contributed by atoms with van der Waals surface area (Å²) in [5.74, 6) is 0. The minimum Gasteiger partial charge on any atom is -0.516 e. The summed E-state index contributed by atoms with van der Waals surface area (Å²) in [7, 11) is 0. The summed E-state index contributed by atoms with van der Waals surface area (Å²) in [5, 5.41) is 8.47. The van der Waals surface area contributed by atoms with Crippen molar-refractivity contribution in [2.75, 3.05) is 0 Å². The van der Waals surface area contributed by atoms with Gasteiger partial charge in [-0.25, -0.2) is 0 Å². The standard InChI is InChI=1S/C20H32O/c1-2-3-4-5-6-7-8-9-10-11-12-13-14-15-16-17-18-19-20-21/h3-4,6-7,12-13,15-16,19-21H,2,5,8-11,14,17-18H2,1H3/b4-3-,7-6-,13-12-,16-15-,20-19+. The average molecular weight is 288 g/mol. The highest BCUT2D eigenvalue weighted by Gasteiger charge is 1.83. The lowest BCUT2D eigenvalue weighted by atomic mass is 10.1. The molecule has 0 aliphatic carbocycles. The third kappa shape index (κ3) is 18.5. The normalized spacial score (nSPS) is 13.0. The van der Waals surface area contributed by atoms with Gasteiger partial charge in [-0.3, -0.25) is 0 Å². The zero-order valence-corrected chi connectivity index (χ0v) is 13.6. The van der Waals surface area contributed by atoms with E-state index in [0.717, 1.165) is 38.4 Å². The van der Waals surface area contributed by atoms with Crippen molar-refractivity contribution in [1.29, 1.82) is 0 Å². The molecule has 0 saturated carbocycles. The highest BCUT2D eigenvalue weighted by Crippen LogP contribution is 2.03. The first-order chi connectivity index (χ1) is 10.4. The summed E-state index contributed by atoms with van der Waals surface area (Å²) in [6.45, 7) is 2.16. The van der Waals surface area contributed by atoms with Crippen molar-refractivity contribution >= 4 is 0 Å². The quantitative estimate of drug-likeness (QED) is 0.224. The SMILES string of the molecule is CC/C=C\C/C=C\CCCC/C=C\C/C=C\CC/C=C/O. The predicted molar refractivity (Wildman–Crippen MR) is 95.6 cm³/mol. The van der Waals surface area contributed by atoms with Gasteiger partial charge in [0, 0.05) is 0 Å². The Bertz CT molecular complexity index is 332. The number of hydrogen-bond acceptors (Lipinski definition) is 1. The van der Waals surface area contributed by atoms with E-state index < -0.39 is 0 Å². The minimum atomic E-state index is 0.915. The first-order valence-electron chi connectivity index (χ1n) is 8.31. The van der Waals surface area contributed by atoms with Gasteiger partial charge in [-0.2, -0.15) is 0 Å². The van der Waals surface area contributed by atoms with Gasteiger partial charge in [-0.1, -0.05) is 55.5 Å². The Kier molecular flexibility index (Phi) is 17.2. The summed E-state index contributed by atoms with van der Waals surface area (Å²) >= 11 is 0. The van der Waals surface area contributed by atoms with Crippen LogP contribution < -0.4 is 0 Å². The Hall–Kier alpha value is -1.50. The fourth-order valence-electron chi connectivity index (χ4n) is 1.85. The molecule has 1 N–H and O–H groups in total. The molecule has 0 aliphatic heterocycles. The number of rotatable bonds is 13. The van der Waals surface area contributed by atoms with Crippen LogP contribution in [0.5, 0.6) is 0 Å². The van der Waals surface area contributed by atoms with E-state index in [1.54, 1.807) is 6.08 Å². The van der Waals surface area contributed by atoms with Crippen LogP contribution in [-0.2, 0) is 0 Å². The topological polar surface area (TPSA) is 20.2 Å². The van der Waals surface area contributed by atoms with Crippen LogP contribution in [-0.4, -0.2) is 5.11 Å². The van der Waals surface area contributed by atoms with Crippen LogP contribution in [0.15, 0.2) is 60.9 Å². The molecule has 0 rings (SSSR count). The van der Waals surface area contributed by atoms with Gasteiger partial charge in [0.25, 0.3) is 0 Å². The van der Waals surface area contributed by atoms with Gasteiger partial charge in [0.2, 0.25) is 0 Å². The molecular weight excluding hydrogens is 256 g/mol. The smallest absolute Gasteiger partial charge is 0.0751 e. The summed E-state index contributed by atoms with van der Waals surface area (Å²) in [6.07, 6.45) is 30.9. The lowest BCUT2D eigenvalue weighted by Crippen LogP contribution is -1.73. The van der Waals surface area contributed by atoms with Crippen molar-refractivity contribution in [2.45, 2.75) is 64.7 Å². The van der Waals surface area contributed by atoms with Crippen LogP contribution >= 0.6 is 0 Å². The third-order valence-corrected chi connectivity index (χ3v) is 3.04. The number of hydrogen-bond donors (Lipinski definition) is 1. The molecule has 0 aromatic heterocycles. The number of aliphatic hydroxyl groups is 1. The zero-order chi connectivity index (χ0) is 15.4. The van der Waals surface area contributed by atoms with E-state index in [2.05, 4.69) is 55.5 Å². The first-order valence-corrected chi connectivity index (χ1v) is 8.31. The first kappa shape index (κ1) is 19.5. The zero-order valence-electron chi connectivity index (χ0n) is 13.6. The molecular formula is C20H32O. The highest BCUT2D eigenvalue weighted by atomic mass is 16.2. The predicted octanol–water partition coefficient (Wildman–Crippen LogP) is 6.81. The van der Waals surface area contributed by atoms with Crippen LogP contribution in [0.25, 0.3) is 0 Å². The Labute approximate surface area is 131 Å². The second-order valence-corrected chi connectivity index (χ2v) is 5.01. The monoisotopic (exact) mass is 288 g/mol. The van der Waals surface area contributed by atoms with E-state index in [0.29, 0.717) is 0 Å². The molecule has 0 aliphatic rings. The molecule has 0 saturated heterocycles. The van der Waals surface area contributed by atoms with E-state index in [9.17, 15) is 0 Å². The minimum absolute atomic E-state index is 0.915. The summed E-state index contributed by atoms with van der Waals surface area (Å²) in [5.41, 5.74) is 0. The molecule has 0 aromatic carbocycles. The molecule has 1 heteroatoms. The van der Waals surface area contributed by atoms with E-state index in [4.69, 9.17) is 5.11 Å². The third-order valence-electron chi connectivity index (χ3n) is 3.04. The van der Waals surface area contributed by atoms with Crippen LogP contribution in [0, 0.1) is 0 Å². The molecule has 0 unspecified atom stereocenters. The van der Waals surface area contributed by atoms with Crippen molar-refractivity contribution in [3.8, 4) is 0 Å². The second-order valence-electron chi connectivity index (χ2n) is 5.01. The van der Waals surface area contributed by atoms with Crippen molar-refractivity contribution in [1.82, 2.24) is 0 Å². The van der Waals surface area contributed by atoms with Crippen LogP contribution in [0.4, 0.5) is 0 Å². The van der Waals surface area contributed by atoms with Crippen LogP contribution in [0.1, 0.15) is 64.7 Å². The van der Waals surface area contributed by atoms with Crippen LogP contribution in [0.3, 0.4) is 0 Å². The van der Waals surface area contributed by atoms with Gasteiger partial charge >= 0.3 is 0 Å². The molecule has 0 amide bonds. The molecule has 0 radical (unpaired) electrons. The average Bonchev–Trinajstić information content (AvgIpc) is 2.50. The molecule has 118 valence electrons. The van der Waals surface area contributed by atoms with Crippen LogP contribution in [0.2, 0.25) is 0 Å². The van der Waals surface area contributed by atoms with Gasteiger partial charge in [-0.05, 0) is 63.9 Å². The lowest BCUT2D eigenvalue weighted by Gasteiger charge is -1.93.